The molecule has 3 rings (SSSR count). The number of hydrogen-bond donors (Lipinski definition) is 1. The van der Waals surface area contributed by atoms with Crippen molar-refractivity contribution in [3.63, 3.8) is 0 Å². The third-order valence-corrected chi connectivity index (χ3v) is 9.36. The van der Waals surface area contributed by atoms with Crippen LogP contribution in [0.2, 0.25) is 0 Å². The lowest BCUT2D eigenvalue weighted by Crippen LogP contribution is -2.37. The third kappa shape index (κ3) is 12.4. The highest BCUT2D eigenvalue weighted by Crippen LogP contribution is 2.33. The molecule has 0 saturated heterocycles. The van der Waals surface area contributed by atoms with Gasteiger partial charge in [0.05, 0.1) is 19.0 Å². The molecule has 1 heterocycles. The quantitative estimate of drug-likeness (QED) is 0.159. The molecule has 0 saturated carbocycles. The van der Waals surface area contributed by atoms with Crippen LogP contribution >= 0.6 is 11.8 Å². The number of thioether (sulfide) groups is 1. The number of carbonyl (C=O) groups excluding carboxylic acids is 1. The first-order valence-corrected chi connectivity index (χ1v) is 18.1. The van der Waals surface area contributed by atoms with Crippen LogP contribution in [0.1, 0.15) is 128 Å². The molecular formula is C38H59N3O2S. The number of nitrogens with zero attached hydrogens (tertiary/aromatic N) is 2. The number of anilines is 1. The van der Waals surface area contributed by atoms with Crippen LogP contribution in [0.15, 0.2) is 53.6 Å². The maximum absolute atomic E-state index is 13.1. The second kappa shape index (κ2) is 19.0. The van der Waals surface area contributed by atoms with Gasteiger partial charge < -0.3 is 15.0 Å². The van der Waals surface area contributed by atoms with Gasteiger partial charge in [-0.15, -0.1) is 11.8 Å². The fourth-order valence-electron chi connectivity index (χ4n) is 5.79. The van der Waals surface area contributed by atoms with E-state index in [0.717, 1.165) is 42.4 Å². The normalized spacial score (nSPS) is 13.2. The molecule has 1 N–H and O–H groups in total. The van der Waals surface area contributed by atoms with Gasteiger partial charge in [0, 0.05) is 25.5 Å². The van der Waals surface area contributed by atoms with E-state index in [1.807, 2.05) is 28.8 Å². The molecule has 0 radical (unpaired) electrons. The Morgan fingerprint density at radius 1 is 0.909 bits per heavy atom. The first-order chi connectivity index (χ1) is 21.2. The van der Waals surface area contributed by atoms with Crippen molar-refractivity contribution in [2.45, 2.75) is 130 Å². The summed E-state index contributed by atoms with van der Waals surface area (Å²) in [7, 11) is 1.69. The van der Waals surface area contributed by atoms with Crippen molar-refractivity contribution in [1.29, 1.82) is 0 Å². The van der Waals surface area contributed by atoms with Gasteiger partial charge in [-0.05, 0) is 58.6 Å². The van der Waals surface area contributed by atoms with E-state index in [1.54, 1.807) is 7.05 Å². The summed E-state index contributed by atoms with van der Waals surface area (Å²) < 4.78 is 6.44. The van der Waals surface area contributed by atoms with E-state index in [0.29, 0.717) is 6.54 Å². The molecule has 6 heteroatoms. The van der Waals surface area contributed by atoms with Gasteiger partial charge in [0.25, 0.3) is 0 Å². The molecule has 1 aliphatic rings. The van der Waals surface area contributed by atoms with Gasteiger partial charge in [0.2, 0.25) is 0 Å². The number of nitrogens with one attached hydrogen (secondary N) is 1. The van der Waals surface area contributed by atoms with Gasteiger partial charge in [-0.25, -0.2) is 4.79 Å². The number of carbonyl (C=O) groups is 1. The Labute approximate surface area is 273 Å². The van der Waals surface area contributed by atoms with E-state index in [2.05, 4.69) is 81.4 Å². The Morgan fingerprint density at radius 2 is 1.57 bits per heavy atom. The van der Waals surface area contributed by atoms with Crippen LogP contribution in [0, 0.1) is 0 Å². The minimum atomic E-state index is -0.117. The van der Waals surface area contributed by atoms with Gasteiger partial charge in [0.15, 0.2) is 0 Å². The molecule has 0 fully saturated rings. The lowest BCUT2D eigenvalue weighted by Gasteiger charge is -2.26. The Hall–Kier alpha value is -2.60. The maximum Gasteiger partial charge on any atom is 0.321 e. The van der Waals surface area contributed by atoms with Crippen LogP contribution in [0.4, 0.5) is 10.5 Å². The summed E-state index contributed by atoms with van der Waals surface area (Å²) in [6.45, 7) is 13.2. The molecular weight excluding hydrogens is 563 g/mol. The van der Waals surface area contributed by atoms with Gasteiger partial charge in [0.1, 0.15) is 5.75 Å². The second-order valence-electron chi connectivity index (χ2n) is 13.4. The van der Waals surface area contributed by atoms with Crippen molar-refractivity contribution in [2.75, 3.05) is 24.4 Å². The van der Waals surface area contributed by atoms with E-state index < -0.39 is 0 Å². The molecule has 1 aliphatic heterocycles. The molecule has 5 nitrogen and oxygen atoms in total. The number of benzene rings is 2. The molecule has 2 amide bonds. The molecule has 0 bridgehead atoms. The minimum Gasteiger partial charge on any atom is -0.493 e. The van der Waals surface area contributed by atoms with Crippen molar-refractivity contribution in [3.8, 4) is 5.75 Å². The summed E-state index contributed by atoms with van der Waals surface area (Å²) in [5.41, 5.74) is 4.33. The van der Waals surface area contributed by atoms with Gasteiger partial charge in [-0.2, -0.15) is 0 Å². The number of amides is 2. The van der Waals surface area contributed by atoms with Crippen LogP contribution in [0.5, 0.6) is 5.75 Å². The standard InChI is InChI=1S/C38H59N3O2S/c1-7-8-9-10-11-12-13-14-15-16-17-18-24-43-36-26-33(22-23-35(36)38(3,4)5)29-41(37(42)39-6)34-21-19-20-32(25-34)28-40-27-31(2)44-30-40/h19-23,25-27H,7-18,24,28-30H2,1-6H3,(H,39,42). The lowest BCUT2D eigenvalue weighted by atomic mass is 9.85. The largest absolute Gasteiger partial charge is 0.493 e. The zero-order valence-electron chi connectivity index (χ0n) is 28.6. The number of unbranched alkanes of at least 4 members (excludes halogenated alkanes) is 11. The fourth-order valence-corrected chi connectivity index (χ4v) is 6.55. The maximum atomic E-state index is 13.1. The number of allylic oxidation sites excluding steroid dienone is 1. The first kappa shape index (κ1) is 35.9. The van der Waals surface area contributed by atoms with E-state index in [9.17, 15) is 4.79 Å². The Bertz CT molecular complexity index is 1170. The van der Waals surface area contributed by atoms with Crippen molar-refractivity contribution in [1.82, 2.24) is 10.2 Å². The molecule has 44 heavy (non-hydrogen) atoms. The van der Waals surface area contributed by atoms with Crippen LogP contribution < -0.4 is 15.0 Å². The molecule has 0 spiro atoms. The average Bonchev–Trinajstić information content (AvgIpc) is 3.41. The fraction of sp³-hybridized carbons (Fsp3) is 0.605. The third-order valence-electron chi connectivity index (χ3n) is 8.34. The molecule has 0 unspecified atom stereocenters. The highest BCUT2D eigenvalue weighted by atomic mass is 32.2. The van der Waals surface area contributed by atoms with E-state index >= 15 is 0 Å². The number of rotatable bonds is 19. The average molecular weight is 622 g/mol. The SMILES string of the molecule is CCCCCCCCCCCCCCOc1cc(CN(C(=O)NC)c2cccc(CN3C=C(C)SC3)c2)ccc1C(C)(C)C. The molecule has 0 atom stereocenters. The molecule has 0 aliphatic carbocycles. The second-order valence-corrected chi connectivity index (χ2v) is 14.6. The van der Waals surface area contributed by atoms with E-state index in [-0.39, 0.29) is 11.4 Å². The number of hydrogen-bond acceptors (Lipinski definition) is 4. The molecule has 2 aromatic carbocycles. The summed E-state index contributed by atoms with van der Waals surface area (Å²) in [4.78, 5) is 18.6. The van der Waals surface area contributed by atoms with Gasteiger partial charge >= 0.3 is 6.03 Å². The van der Waals surface area contributed by atoms with Gasteiger partial charge in [-0.1, -0.05) is 123 Å². The van der Waals surface area contributed by atoms with Crippen LogP contribution in [-0.4, -0.2) is 30.5 Å². The number of ether oxygens (including phenoxy) is 1. The monoisotopic (exact) mass is 621 g/mol. The number of urea groups is 1. The molecule has 244 valence electrons. The summed E-state index contributed by atoms with van der Waals surface area (Å²) in [6.07, 6.45) is 18.2. The summed E-state index contributed by atoms with van der Waals surface area (Å²) in [6, 6.07) is 14.7. The summed E-state index contributed by atoms with van der Waals surface area (Å²) in [5, 5.41) is 2.84. The van der Waals surface area contributed by atoms with Crippen LogP contribution in [0.25, 0.3) is 0 Å². The Kier molecular flexibility index (Phi) is 15.5. The Morgan fingerprint density at radius 3 is 2.16 bits per heavy atom. The predicted octanol–water partition coefficient (Wildman–Crippen LogP) is 10.8. The smallest absolute Gasteiger partial charge is 0.321 e. The van der Waals surface area contributed by atoms with Crippen LogP contribution in [-0.2, 0) is 18.5 Å². The van der Waals surface area contributed by atoms with Crippen molar-refractivity contribution in [3.05, 3.63) is 70.3 Å². The zero-order chi connectivity index (χ0) is 31.8. The first-order valence-electron chi connectivity index (χ1n) is 17.1. The predicted molar refractivity (Wildman–Crippen MR) is 191 cm³/mol. The molecule has 2 aromatic rings. The lowest BCUT2D eigenvalue weighted by molar-refractivity contribution is 0.248. The van der Waals surface area contributed by atoms with E-state index in [4.69, 9.17) is 4.74 Å². The van der Waals surface area contributed by atoms with Gasteiger partial charge in [-0.3, -0.25) is 4.90 Å². The molecule has 0 aromatic heterocycles. The highest BCUT2D eigenvalue weighted by molar-refractivity contribution is 8.03. The summed E-state index contributed by atoms with van der Waals surface area (Å²) >= 11 is 1.86. The highest BCUT2D eigenvalue weighted by Gasteiger charge is 2.22. The zero-order valence-corrected chi connectivity index (χ0v) is 29.4. The minimum absolute atomic E-state index is 0.0279. The van der Waals surface area contributed by atoms with Crippen molar-refractivity contribution < 1.29 is 9.53 Å². The van der Waals surface area contributed by atoms with Crippen molar-refractivity contribution in [2.24, 2.45) is 0 Å². The summed E-state index contributed by atoms with van der Waals surface area (Å²) in [5.74, 6) is 1.91. The van der Waals surface area contributed by atoms with E-state index in [1.165, 1.54) is 86.7 Å². The van der Waals surface area contributed by atoms with Crippen molar-refractivity contribution >= 4 is 23.5 Å². The Balaban J connectivity index is 1.56. The topological polar surface area (TPSA) is 44.8 Å². The van der Waals surface area contributed by atoms with Crippen LogP contribution in [0.3, 0.4) is 0 Å².